The first-order valence-corrected chi connectivity index (χ1v) is 12.3. The number of ether oxygens (including phenoxy) is 1. The molecule has 4 rings (SSSR count). The molecular weight excluding hydrogens is 456 g/mol. The van der Waals surface area contributed by atoms with Gasteiger partial charge in [-0.25, -0.2) is 4.68 Å². The van der Waals surface area contributed by atoms with Gasteiger partial charge in [-0.3, -0.25) is 9.69 Å². The molecule has 0 aliphatic carbocycles. The van der Waals surface area contributed by atoms with Crippen molar-refractivity contribution < 1.29 is 9.84 Å². The molecule has 0 saturated carbocycles. The molecule has 0 radical (unpaired) electrons. The van der Waals surface area contributed by atoms with Gasteiger partial charge in [-0.1, -0.05) is 38.1 Å². The number of tetrazole rings is 1. The number of fused-ring (bicyclic) bond motifs is 1. The van der Waals surface area contributed by atoms with E-state index in [9.17, 15) is 9.90 Å². The van der Waals surface area contributed by atoms with Gasteiger partial charge in [-0.15, -0.1) is 5.10 Å². The SMILES string of the molecule is COc1ccc(Cn2nnnc2[C@@H](C(C)C)N(CCCO)Cc2cc3ccc(C)cc3[nH]c2=O)cc1. The van der Waals surface area contributed by atoms with Crippen molar-refractivity contribution in [1.29, 1.82) is 0 Å². The monoisotopic (exact) mass is 490 g/mol. The fourth-order valence-electron chi connectivity index (χ4n) is 4.61. The van der Waals surface area contributed by atoms with E-state index < -0.39 is 0 Å². The summed E-state index contributed by atoms with van der Waals surface area (Å²) in [5.41, 5.74) is 3.54. The van der Waals surface area contributed by atoms with Crippen LogP contribution in [0.2, 0.25) is 0 Å². The average molecular weight is 491 g/mol. The molecule has 2 heterocycles. The smallest absolute Gasteiger partial charge is 0.252 e. The molecule has 0 aliphatic rings. The zero-order valence-corrected chi connectivity index (χ0v) is 21.3. The van der Waals surface area contributed by atoms with Crippen molar-refractivity contribution in [2.75, 3.05) is 20.3 Å². The Bertz CT molecular complexity index is 1350. The van der Waals surface area contributed by atoms with Crippen molar-refractivity contribution in [1.82, 2.24) is 30.1 Å². The Morgan fingerprint density at radius 1 is 1.14 bits per heavy atom. The number of hydrogen-bond acceptors (Lipinski definition) is 7. The number of aromatic amines is 1. The zero-order chi connectivity index (χ0) is 25.7. The van der Waals surface area contributed by atoms with E-state index in [0.717, 1.165) is 33.6 Å². The molecule has 0 aliphatic heterocycles. The molecular formula is C27H34N6O3. The van der Waals surface area contributed by atoms with E-state index in [-0.39, 0.29) is 24.1 Å². The van der Waals surface area contributed by atoms with E-state index in [0.29, 0.717) is 31.6 Å². The number of pyridine rings is 1. The minimum Gasteiger partial charge on any atom is -0.497 e. The van der Waals surface area contributed by atoms with E-state index in [2.05, 4.69) is 39.3 Å². The molecule has 0 bridgehead atoms. The quantitative estimate of drug-likeness (QED) is 0.331. The van der Waals surface area contributed by atoms with Crippen LogP contribution in [0.5, 0.6) is 5.75 Å². The van der Waals surface area contributed by atoms with Gasteiger partial charge in [0.15, 0.2) is 5.82 Å². The van der Waals surface area contributed by atoms with Crippen LogP contribution in [0.25, 0.3) is 10.9 Å². The summed E-state index contributed by atoms with van der Waals surface area (Å²) in [6.07, 6.45) is 0.577. The third-order valence-electron chi connectivity index (χ3n) is 6.40. The summed E-state index contributed by atoms with van der Waals surface area (Å²) in [5, 5.41) is 23.3. The largest absolute Gasteiger partial charge is 0.497 e. The molecule has 0 unspecified atom stereocenters. The Hall–Kier alpha value is -3.56. The van der Waals surface area contributed by atoms with Gasteiger partial charge in [0.05, 0.1) is 19.7 Å². The highest BCUT2D eigenvalue weighted by Crippen LogP contribution is 2.29. The van der Waals surface area contributed by atoms with Crippen molar-refractivity contribution in [2.45, 2.75) is 46.3 Å². The highest BCUT2D eigenvalue weighted by Gasteiger charge is 2.29. The van der Waals surface area contributed by atoms with Gasteiger partial charge in [-0.2, -0.15) is 0 Å². The third kappa shape index (κ3) is 5.80. The van der Waals surface area contributed by atoms with Crippen molar-refractivity contribution >= 4 is 10.9 Å². The molecule has 0 saturated heterocycles. The second-order valence-electron chi connectivity index (χ2n) is 9.49. The number of rotatable bonds is 11. The number of hydrogen-bond donors (Lipinski definition) is 2. The molecule has 4 aromatic rings. The van der Waals surface area contributed by atoms with Crippen molar-refractivity contribution in [3.8, 4) is 5.75 Å². The minimum absolute atomic E-state index is 0.0610. The van der Waals surface area contributed by atoms with Crippen molar-refractivity contribution in [3.05, 3.63) is 81.4 Å². The van der Waals surface area contributed by atoms with Crippen molar-refractivity contribution in [2.24, 2.45) is 5.92 Å². The molecule has 36 heavy (non-hydrogen) atoms. The van der Waals surface area contributed by atoms with Gasteiger partial charge < -0.3 is 14.8 Å². The normalized spacial score (nSPS) is 12.5. The lowest BCUT2D eigenvalue weighted by Gasteiger charge is -2.33. The Balaban J connectivity index is 1.67. The standard InChI is InChI=1S/C27H34N6O3/c1-18(2)25(26-29-30-31-33(26)16-20-7-10-23(36-4)11-8-20)32(12-5-13-34)17-22-15-21-9-6-19(3)14-24(21)28-27(22)35/h6-11,14-15,18,25,34H,5,12-13,16-17H2,1-4H3,(H,28,35)/t25-/m1/s1. The summed E-state index contributed by atoms with van der Waals surface area (Å²) in [5.74, 6) is 1.68. The number of aliphatic hydroxyl groups excluding tert-OH is 1. The summed E-state index contributed by atoms with van der Waals surface area (Å²) in [4.78, 5) is 18.2. The van der Waals surface area contributed by atoms with Crippen LogP contribution in [0.1, 0.15) is 48.8 Å². The average Bonchev–Trinajstić information content (AvgIpc) is 3.30. The van der Waals surface area contributed by atoms with Gasteiger partial charge in [-0.05, 0) is 70.5 Å². The van der Waals surface area contributed by atoms with Crippen LogP contribution < -0.4 is 10.3 Å². The molecule has 0 fully saturated rings. The number of aliphatic hydroxyl groups is 1. The maximum atomic E-state index is 13.0. The third-order valence-corrected chi connectivity index (χ3v) is 6.40. The number of nitrogens with zero attached hydrogens (tertiary/aromatic N) is 5. The summed E-state index contributed by atoms with van der Waals surface area (Å²) in [6.45, 7) is 7.83. The number of nitrogens with one attached hydrogen (secondary N) is 1. The summed E-state index contributed by atoms with van der Waals surface area (Å²) in [6, 6.07) is 15.7. The molecule has 9 nitrogen and oxygen atoms in total. The number of benzene rings is 2. The Kier molecular flexibility index (Phi) is 8.12. The molecule has 1 atom stereocenters. The van der Waals surface area contributed by atoms with E-state index in [1.807, 2.05) is 60.1 Å². The van der Waals surface area contributed by atoms with Gasteiger partial charge in [0.1, 0.15) is 5.75 Å². The number of aromatic nitrogens is 5. The fourth-order valence-corrected chi connectivity index (χ4v) is 4.61. The van der Waals surface area contributed by atoms with Crippen LogP contribution in [-0.4, -0.2) is 55.5 Å². The van der Waals surface area contributed by atoms with Crippen LogP contribution >= 0.6 is 0 Å². The first kappa shape index (κ1) is 25.5. The van der Waals surface area contributed by atoms with E-state index in [4.69, 9.17) is 4.74 Å². The van der Waals surface area contributed by atoms with Gasteiger partial charge in [0.25, 0.3) is 5.56 Å². The second-order valence-corrected chi connectivity index (χ2v) is 9.49. The summed E-state index contributed by atoms with van der Waals surface area (Å²) < 4.78 is 7.07. The maximum absolute atomic E-state index is 13.0. The van der Waals surface area contributed by atoms with Crippen LogP contribution in [0, 0.1) is 12.8 Å². The van der Waals surface area contributed by atoms with Crippen LogP contribution in [0.3, 0.4) is 0 Å². The van der Waals surface area contributed by atoms with Crippen molar-refractivity contribution in [3.63, 3.8) is 0 Å². The van der Waals surface area contributed by atoms with Crippen LogP contribution in [-0.2, 0) is 13.1 Å². The summed E-state index contributed by atoms with van der Waals surface area (Å²) in [7, 11) is 1.64. The highest BCUT2D eigenvalue weighted by molar-refractivity contribution is 5.79. The first-order chi connectivity index (χ1) is 17.4. The fraction of sp³-hybridized carbons (Fsp3) is 0.407. The predicted molar refractivity (Wildman–Crippen MR) is 139 cm³/mol. The summed E-state index contributed by atoms with van der Waals surface area (Å²) >= 11 is 0. The molecule has 2 N–H and O–H groups in total. The molecule has 9 heteroatoms. The molecule has 2 aromatic heterocycles. The Morgan fingerprint density at radius 3 is 2.61 bits per heavy atom. The van der Waals surface area contributed by atoms with E-state index in [1.54, 1.807) is 7.11 Å². The lowest BCUT2D eigenvalue weighted by molar-refractivity contribution is 0.122. The Morgan fingerprint density at radius 2 is 1.92 bits per heavy atom. The first-order valence-electron chi connectivity index (χ1n) is 12.3. The molecule has 0 spiro atoms. The Labute approximate surface area is 210 Å². The molecule has 190 valence electrons. The minimum atomic E-state index is -0.155. The number of methoxy groups -OCH3 is 1. The number of aryl methyl sites for hydroxylation is 1. The molecule has 0 amide bonds. The topological polar surface area (TPSA) is 109 Å². The highest BCUT2D eigenvalue weighted by atomic mass is 16.5. The molecule has 2 aromatic carbocycles. The number of H-pyrrole nitrogens is 1. The van der Waals surface area contributed by atoms with Gasteiger partial charge in [0.2, 0.25) is 0 Å². The lowest BCUT2D eigenvalue weighted by Crippen LogP contribution is -2.36. The van der Waals surface area contributed by atoms with Crippen LogP contribution in [0.15, 0.2) is 53.3 Å². The van der Waals surface area contributed by atoms with Crippen LogP contribution in [0.4, 0.5) is 0 Å². The maximum Gasteiger partial charge on any atom is 0.252 e. The van der Waals surface area contributed by atoms with E-state index >= 15 is 0 Å². The van der Waals surface area contributed by atoms with Gasteiger partial charge >= 0.3 is 0 Å². The zero-order valence-electron chi connectivity index (χ0n) is 21.3. The predicted octanol–water partition coefficient (Wildman–Crippen LogP) is 3.46. The lowest BCUT2D eigenvalue weighted by atomic mass is 10.00. The van der Waals surface area contributed by atoms with Gasteiger partial charge in [0, 0.05) is 30.8 Å². The van der Waals surface area contributed by atoms with E-state index in [1.165, 1.54) is 0 Å². The second kappa shape index (κ2) is 11.5.